The maximum absolute atomic E-state index is 12.8. The number of amides is 1. The summed E-state index contributed by atoms with van der Waals surface area (Å²) in [6.07, 6.45) is 0. The first kappa shape index (κ1) is 12.9. The monoisotopic (exact) mass is 269 g/mol. The summed E-state index contributed by atoms with van der Waals surface area (Å²) in [5.74, 6) is 0.0664. The van der Waals surface area contributed by atoms with Gasteiger partial charge in [-0.25, -0.2) is 0 Å². The molecule has 1 aromatic carbocycles. The molecule has 0 unspecified atom stereocenters. The molecule has 4 nitrogen and oxygen atoms in total. The van der Waals surface area contributed by atoms with Gasteiger partial charge >= 0.3 is 0 Å². The van der Waals surface area contributed by atoms with Crippen molar-refractivity contribution in [1.29, 1.82) is 0 Å². The molecule has 104 valence electrons. The number of hydrogen-bond acceptors (Lipinski definition) is 2. The van der Waals surface area contributed by atoms with Crippen molar-refractivity contribution in [3.8, 4) is 0 Å². The van der Waals surface area contributed by atoms with Crippen LogP contribution < -0.4 is 10.2 Å². The zero-order valence-electron chi connectivity index (χ0n) is 11.9. The van der Waals surface area contributed by atoms with Gasteiger partial charge in [0.1, 0.15) is 5.69 Å². The minimum Gasteiger partial charge on any atom is -0.344 e. The molecule has 0 radical (unpaired) electrons. The van der Waals surface area contributed by atoms with Gasteiger partial charge in [-0.1, -0.05) is 18.2 Å². The summed E-state index contributed by atoms with van der Waals surface area (Å²) in [4.78, 5) is 14.7. The van der Waals surface area contributed by atoms with Gasteiger partial charge in [-0.3, -0.25) is 4.79 Å². The molecular weight excluding hydrogens is 250 g/mol. The second kappa shape index (κ2) is 5.13. The van der Waals surface area contributed by atoms with Crippen LogP contribution >= 0.6 is 0 Å². The highest BCUT2D eigenvalue weighted by atomic mass is 16.2. The van der Waals surface area contributed by atoms with Crippen LogP contribution in [0.2, 0.25) is 0 Å². The SMILES string of the molecule is Cc1ccc(C(=O)N2CCNCc3ccccc32)n1C. The molecular formula is C16H19N3O. The van der Waals surface area contributed by atoms with Gasteiger partial charge in [-0.2, -0.15) is 0 Å². The molecule has 2 heterocycles. The summed E-state index contributed by atoms with van der Waals surface area (Å²) >= 11 is 0. The maximum Gasteiger partial charge on any atom is 0.274 e. The second-order valence-electron chi connectivity index (χ2n) is 5.18. The fourth-order valence-electron chi connectivity index (χ4n) is 2.64. The highest BCUT2D eigenvalue weighted by Crippen LogP contribution is 2.24. The van der Waals surface area contributed by atoms with Gasteiger partial charge in [0.15, 0.2) is 0 Å². The fraction of sp³-hybridized carbons (Fsp3) is 0.312. The number of fused-ring (bicyclic) bond motifs is 1. The Labute approximate surface area is 119 Å². The highest BCUT2D eigenvalue weighted by Gasteiger charge is 2.23. The van der Waals surface area contributed by atoms with E-state index in [1.807, 2.05) is 53.8 Å². The van der Waals surface area contributed by atoms with E-state index in [1.165, 1.54) is 5.56 Å². The molecule has 1 aliphatic rings. The number of rotatable bonds is 1. The van der Waals surface area contributed by atoms with E-state index >= 15 is 0 Å². The van der Waals surface area contributed by atoms with E-state index in [9.17, 15) is 4.79 Å². The molecule has 0 fully saturated rings. The van der Waals surface area contributed by atoms with Gasteiger partial charge in [0.2, 0.25) is 0 Å². The zero-order valence-corrected chi connectivity index (χ0v) is 11.9. The number of nitrogens with zero attached hydrogens (tertiary/aromatic N) is 2. The Kier molecular flexibility index (Phi) is 3.32. The van der Waals surface area contributed by atoms with Gasteiger partial charge in [0.25, 0.3) is 5.91 Å². The largest absolute Gasteiger partial charge is 0.344 e. The Balaban J connectivity index is 2.01. The molecule has 0 atom stereocenters. The van der Waals surface area contributed by atoms with Crippen LogP contribution in [0.4, 0.5) is 5.69 Å². The molecule has 0 saturated carbocycles. The highest BCUT2D eigenvalue weighted by molar-refractivity contribution is 6.05. The zero-order chi connectivity index (χ0) is 14.1. The van der Waals surface area contributed by atoms with Crippen molar-refractivity contribution in [2.75, 3.05) is 18.0 Å². The Morgan fingerprint density at radius 3 is 2.75 bits per heavy atom. The lowest BCUT2D eigenvalue weighted by atomic mass is 10.1. The number of para-hydroxylation sites is 1. The summed E-state index contributed by atoms with van der Waals surface area (Å²) in [6.45, 7) is 4.32. The number of benzene rings is 1. The summed E-state index contributed by atoms with van der Waals surface area (Å²) in [5.41, 5.74) is 4.01. The molecule has 0 aliphatic carbocycles. The molecule has 20 heavy (non-hydrogen) atoms. The third kappa shape index (κ3) is 2.12. The van der Waals surface area contributed by atoms with Crippen molar-refractivity contribution >= 4 is 11.6 Å². The predicted molar refractivity (Wildman–Crippen MR) is 80.0 cm³/mol. The molecule has 2 aromatic rings. The van der Waals surface area contributed by atoms with E-state index < -0.39 is 0 Å². The first-order valence-electron chi connectivity index (χ1n) is 6.91. The van der Waals surface area contributed by atoms with Gasteiger partial charge in [-0.05, 0) is 30.7 Å². The number of aryl methyl sites for hydroxylation is 1. The number of aromatic nitrogens is 1. The third-order valence-corrected chi connectivity index (χ3v) is 3.95. The third-order valence-electron chi connectivity index (χ3n) is 3.95. The maximum atomic E-state index is 12.8. The van der Waals surface area contributed by atoms with Crippen LogP contribution in [0.25, 0.3) is 0 Å². The van der Waals surface area contributed by atoms with Crippen LogP contribution in [0.5, 0.6) is 0 Å². The number of carbonyl (C=O) groups is 1. The van der Waals surface area contributed by atoms with Crippen molar-refractivity contribution in [1.82, 2.24) is 9.88 Å². The van der Waals surface area contributed by atoms with Crippen LogP contribution in [-0.2, 0) is 13.6 Å². The first-order chi connectivity index (χ1) is 9.68. The Hall–Kier alpha value is -2.07. The van der Waals surface area contributed by atoms with Gasteiger partial charge < -0.3 is 14.8 Å². The van der Waals surface area contributed by atoms with Crippen molar-refractivity contribution in [3.63, 3.8) is 0 Å². The van der Waals surface area contributed by atoms with Crippen LogP contribution in [0.15, 0.2) is 36.4 Å². The minimum atomic E-state index is 0.0664. The van der Waals surface area contributed by atoms with Crippen molar-refractivity contribution in [3.05, 3.63) is 53.3 Å². The summed E-state index contributed by atoms with van der Waals surface area (Å²) < 4.78 is 1.95. The number of anilines is 1. The lowest BCUT2D eigenvalue weighted by Crippen LogP contribution is -2.35. The quantitative estimate of drug-likeness (QED) is 0.860. The first-order valence-corrected chi connectivity index (χ1v) is 6.91. The lowest BCUT2D eigenvalue weighted by molar-refractivity contribution is 0.0979. The summed E-state index contributed by atoms with van der Waals surface area (Å²) in [5, 5.41) is 3.36. The molecule has 3 rings (SSSR count). The van der Waals surface area contributed by atoms with Gasteiger partial charge in [0, 0.05) is 38.1 Å². The molecule has 1 amide bonds. The van der Waals surface area contributed by atoms with Gasteiger partial charge in [0.05, 0.1) is 0 Å². The number of hydrogen-bond donors (Lipinski definition) is 1. The molecule has 0 saturated heterocycles. The van der Waals surface area contributed by atoms with Crippen LogP contribution in [0.3, 0.4) is 0 Å². The standard InChI is InChI=1S/C16H19N3O/c1-12-7-8-15(18(12)2)16(20)19-10-9-17-11-13-5-3-4-6-14(13)19/h3-8,17H,9-11H2,1-2H3. The van der Waals surface area contributed by atoms with Crippen LogP contribution in [-0.4, -0.2) is 23.6 Å². The van der Waals surface area contributed by atoms with Crippen molar-refractivity contribution < 1.29 is 4.79 Å². The Bertz CT molecular complexity index is 645. The van der Waals surface area contributed by atoms with E-state index in [0.29, 0.717) is 6.54 Å². The molecule has 4 heteroatoms. The van der Waals surface area contributed by atoms with Crippen molar-refractivity contribution in [2.45, 2.75) is 13.5 Å². The smallest absolute Gasteiger partial charge is 0.274 e. The second-order valence-corrected chi connectivity index (χ2v) is 5.18. The topological polar surface area (TPSA) is 37.3 Å². The van der Waals surface area contributed by atoms with E-state index in [1.54, 1.807) is 0 Å². The molecule has 1 aromatic heterocycles. The van der Waals surface area contributed by atoms with Crippen LogP contribution in [0, 0.1) is 6.92 Å². The fourth-order valence-corrected chi connectivity index (χ4v) is 2.64. The summed E-state index contributed by atoms with van der Waals surface area (Å²) in [7, 11) is 1.94. The minimum absolute atomic E-state index is 0.0664. The Morgan fingerprint density at radius 2 is 2.00 bits per heavy atom. The van der Waals surface area contributed by atoms with E-state index in [-0.39, 0.29) is 5.91 Å². The van der Waals surface area contributed by atoms with Gasteiger partial charge in [-0.15, -0.1) is 0 Å². The van der Waals surface area contributed by atoms with Crippen LogP contribution in [0.1, 0.15) is 21.7 Å². The molecule has 0 spiro atoms. The van der Waals surface area contributed by atoms with E-state index in [2.05, 4.69) is 11.4 Å². The number of carbonyl (C=O) groups excluding carboxylic acids is 1. The predicted octanol–water partition coefficient (Wildman–Crippen LogP) is 2.08. The Morgan fingerprint density at radius 1 is 1.20 bits per heavy atom. The van der Waals surface area contributed by atoms with E-state index in [0.717, 1.165) is 30.2 Å². The average Bonchev–Trinajstić information content (AvgIpc) is 2.68. The normalized spacial score (nSPS) is 14.8. The summed E-state index contributed by atoms with van der Waals surface area (Å²) in [6, 6.07) is 12.0. The van der Waals surface area contributed by atoms with Crippen molar-refractivity contribution in [2.24, 2.45) is 7.05 Å². The molecule has 0 bridgehead atoms. The van der Waals surface area contributed by atoms with E-state index in [4.69, 9.17) is 0 Å². The molecule has 1 aliphatic heterocycles. The average molecular weight is 269 g/mol. The lowest BCUT2D eigenvalue weighted by Gasteiger charge is -2.22. The molecule has 1 N–H and O–H groups in total. The number of nitrogens with one attached hydrogen (secondary N) is 1.